The van der Waals surface area contributed by atoms with Gasteiger partial charge in [-0.1, -0.05) is 49.6 Å². The van der Waals surface area contributed by atoms with Gasteiger partial charge in [0.25, 0.3) is 5.91 Å². The first-order valence-corrected chi connectivity index (χ1v) is 12.9. The Morgan fingerprint density at radius 2 is 1.57 bits per heavy atom. The molecular weight excluding hydrogens is 512 g/mol. The van der Waals surface area contributed by atoms with Gasteiger partial charge in [-0.2, -0.15) is 5.10 Å². The van der Waals surface area contributed by atoms with Gasteiger partial charge >= 0.3 is 17.8 Å². The SMILES string of the molecule is COc1cc(/C=N/NC(=O)C(=O)Nc2ccccc2C(=O)NC2CCCCC2)ccc1OC(=O)c1ccccc1. The minimum atomic E-state index is -1.01. The molecule has 3 aromatic rings. The van der Waals surface area contributed by atoms with E-state index in [2.05, 4.69) is 21.2 Å². The molecular formula is C30H30N4O6. The number of hydrogen-bond donors (Lipinski definition) is 3. The van der Waals surface area contributed by atoms with E-state index in [1.165, 1.54) is 25.8 Å². The maximum absolute atomic E-state index is 12.8. The van der Waals surface area contributed by atoms with E-state index in [1.807, 2.05) is 0 Å². The number of benzene rings is 3. The average molecular weight is 543 g/mol. The highest BCUT2D eigenvalue weighted by atomic mass is 16.6. The predicted molar refractivity (Wildman–Crippen MR) is 150 cm³/mol. The zero-order valence-corrected chi connectivity index (χ0v) is 22.0. The first-order chi connectivity index (χ1) is 19.4. The molecule has 40 heavy (non-hydrogen) atoms. The van der Waals surface area contributed by atoms with Crippen molar-refractivity contribution in [2.45, 2.75) is 38.1 Å². The number of rotatable bonds is 8. The summed E-state index contributed by atoms with van der Waals surface area (Å²) >= 11 is 0. The number of ether oxygens (including phenoxy) is 2. The molecule has 0 radical (unpaired) electrons. The molecule has 0 aromatic heterocycles. The van der Waals surface area contributed by atoms with Gasteiger partial charge in [-0.05, 0) is 60.9 Å². The lowest BCUT2D eigenvalue weighted by Gasteiger charge is -2.23. The fourth-order valence-corrected chi connectivity index (χ4v) is 4.28. The molecule has 0 aliphatic heterocycles. The number of hydrogen-bond acceptors (Lipinski definition) is 7. The highest BCUT2D eigenvalue weighted by Gasteiger charge is 2.21. The molecule has 3 amide bonds. The van der Waals surface area contributed by atoms with Crippen molar-refractivity contribution in [3.8, 4) is 11.5 Å². The van der Waals surface area contributed by atoms with Crippen LogP contribution in [0.4, 0.5) is 5.69 Å². The number of carbonyl (C=O) groups is 4. The second kappa shape index (κ2) is 13.7. The minimum absolute atomic E-state index is 0.103. The fourth-order valence-electron chi connectivity index (χ4n) is 4.28. The van der Waals surface area contributed by atoms with Crippen molar-refractivity contribution < 1.29 is 28.7 Å². The lowest BCUT2D eigenvalue weighted by molar-refractivity contribution is -0.136. The van der Waals surface area contributed by atoms with E-state index in [9.17, 15) is 19.2 Å². The normalized spacial score (nSPS) is 13.3. The van der Waals surface area contributed by atoms with Crippen LogP contribution in [0.3, 0.4) is 0 Å². The number of amides is 3. The van der Waals surface area contributed by atoms with Gasteiger partial charge in [0.1, 0.15) is 0 Å². The summed E-state index contributed by atoms with van der Waals surface area (Å²) in [5, 5.41) is 9.32. The highest BCUT2D eigenvalue weighted by Crippen LogP contribution is 2.28. The van der Waals surface area contributed by atoms with Crippen LogP contribution < -0.4 is 25.5 Å². The molecule has 10 heteroatoms. The molecule has 1 saturated carbocycles. The minimum Gasteiger partial charge on any atom is -0.493 e. The number of anilines is 1. The second-order valence-electron chi connectivity index (χ2n) is 9.17. The van der Waals surface area contributed by atoms with Crippen molar-refractivity contribution in [1.29, 1.82) is 0 Å². The van der Waals surface area contributed by atoms with Crippen LogP contribution in [0, 0.1) is 0 Å². The van der Waals surface area contributed by atoms with Crippen molar-refractivity contribution in [1.82, 2.24) is 10.7 Å². The molecule has 0 unspecified atom stereocenters. The maximum atomic E-state index is 12.8. The molecule has 0 atom stereocenters. The molecule has 206 valence electrons. The van der Waals surface area contributed by atoms with E-state index in [0.717, 1.165) is 25.7 Å². The van der Waals surface area contributed by atoms with E-state index >= 15 is 0 Å². The van der Waals surface area contributed by atoms with Crippen LogP contribution in [-0.4, -0.2) is 43.1 Å². The highest BCUT2D eigenvalue weighted by molar-refractivity contribution is 6.40. The first-order valence-electron chi connectivity index (χ1n) is 12.9. The van der Waals surface area contributed by atoms with Gasteiger partial charge in [-0.15, -0.1) is 0 Å². The first kappa shape index (κ1) is 28.0. The molecule has 0 spiro atoms. The van der Waals surface area contributed by atoms with Crippen LogP contribution >= 0.6 is 0 Å². The van der Waals surface area contributed by atoms with Crippen molar-refractivity contribution in [2.24, 2.45) is 5.10 Å². The summed E-state index contributed by atoms with van der Waals surface area (Å²) in [6.45, 7) is 0. The van der Waals surface area contributed by atoms with Crippen molar-refractivity contribution >= 4 is 35.6 Å². The Labute approximate surface area is 231 Å². The maximum Gasteiger partial charge on any atom is 0.343 e. The van der Waals surface area contributed by atoms with E-state index < -0.39 is 17.8 Å². The van der Waals surface area contributed by atoms with Crippen LogP contribution in [-0.2, 0) is 9.59 Å². The van der Waals surface area contributed by atoms with Crippen molar-refractivity contribution in [3.63, 3.8) is 0 Å². The Hall–Kier alpha value is -4.99. The zero-order valence-electron chi connectivity index (χ0n) is 22.0. The molecule has 1 aliphatic carbocycles. The van der Waals surface area contributed by atoms with Gasteiger partial charge in [0.15, 0.2) is 11.5 Å². The quantitative estimate of drug-likeness (QED) is 0.129. The van der Waals surface area contributed by atoms with Gasteiger partial charge in [0.05, 0.1) is 30.1 Å². The number of hydrazone groups is 1. The summed E-state index contributed by atoms with van der Waals surface area (Å²) in [6.07, 6.45) is 6.47. The predicted octanol–water partition coefficient (Wildman–Crippen LogP) is 4.07. The van der Waals surface area contributed by atoms with Gasteiger partial charge in [-0.25, -0.2) is 10.2 Å². The third-order valence-corrected chi connectivity index (χ3v) is 6.35. The van der Waals surface area contributed by atoms with Crippen LogP contribution in [0.5, 0.6) is 11.5 Å². The molecule has 0 bridgehead atoms. The van der Waals surface area contributed by atoms with E-state index in [1.54, 1.807) is 66.7 Å². The third-order valence-electron chi connectivity index (χ3n) is 6.35. The van der Waals surface area contributed by atoms with Gasteiger partial charge < -0.3 is 20.1 Å². The van der Waals surface area contributed by atoms with Crippen molar-refractivity contribution in [3.05, 3.63) is 89.5 Å². The Morgan fingerprint density at radius 3 is 2.33 bits per heavy atom. The number of methoxy groups -OCH3 is 1. The number of esters is 1. The van der Waals surface area contributed by atoms with E-state index in [4.69, 9.17) is 9.47 Å². The molecule has 3 aromatic carbocycles. The molecule has 1 fully saturated rings. The Morgan fingerprint density at radius 1 is 0.850 bits per heavy atom. The zero-order chi connectivity index (χ0) is 28.3. The third kappa shape index (κ3) is 7.53. The standard InChI is InChI=1S/C30H30N4O6/c1-39-26-18-20(16-17-25(26)40-30(38)21-10-4-2-5-11-21)19-31-34-29(37)28(36)33-24-15-9-8-14-23(24)27(35)32-22-12-6-3-7-13-22/h2,4-5,8-11,14-19,22H,3,6-7,12-13H2,1H3,(H,32,35)(H,33,36)(H,34,37)/b31-19+. The van der Waals surface area contributed by atoms with Gasteiger partial charge in [0.2, 0.25) is 0 Å². The Bertz CT molecular complexity index is 1400. The number of nitrogens with zero attached hydrogens (tertiary/aromatic N) is 1. The lowest BCUT2D eigenvalue weighted by Crippen LogP contribution is -2.37. The molecule has 10 nitrogen and oxygen atoms in total. The molecule has 0 saturated heterocycles. The summed E-state index contributed by atoms with van der Waals surface area (Å²) in [7, 11) is 1.43. The summed E-state index contributed by atoms with van der Waals surface area (Å²) in [6, 6.07) is 19.8. The summed E-state index contributed by atoms with van der Waals surface area (Å²) in [5.74, 6) is -2.34. The Kier molecular flexibility index (Phi) is 9.60. The number of para-hydroxylation sites is 1. The molecule has 4 rings (SSSR count). The average Bonchev–Trinajstić information content (AvgIpc) is 2.98. The van der Waals surface area contributed by atoms with Crippen LogP contribution in [0.15, 0.2) is 77.9 Å². The number of carbonyl (C=O) groups excluding carboxylic acids is 4. The monoisotopic (exact) mass is 542 g/mol. The smallest absolute Gasteiger partial charge is 0.343 e. The van der Waals surface area contributed by atoms with Gasteiger partial charge in [0, 0.05) is 6.04 Å². The molecule has 1 aliphatic rings. The molecule has 3 N–H and O–H groups in total. The largest absolute Gasteiger partial charge is 0.493 e. The summed E-state index contributed by atoms with van der Waals surface area (Å²) < 4.78 is 10.7. The lowest BCUT2D eigenvalue weighted by atomic mass is 9.95. The summed E-state index contributed by atoms with van der Waals surface area (Å²) in [5.41, 5.74) is 3.57. The van der Waals surface area contributed by atoms with E-state index in [-0.39, 0.29) is 34.7 Å². The second-order valence-corrected chi connectivity index (χ2v) is 9.17. The van der Waals surface area contributed by atoms with Gasteiger partial charge in [-0.3, -0.25) is 14.4 Å². The van der Waals surface area contributed by atoms with Crippen LogP contribution in [0.25, 0.3) is 0 Å². The van der Waals surface area contributed by atoms with Crippen LogP contribution in [0.2, 0.25) is 0 Å². The van der Waals surface area contributed by atoms with Crippen molar-refractivity contribution in [2.75, 3.05) is 12.4 Å². The summed E-state index contributed by atoms with van der Waals surface area (Å²) in [4.78, 5) is 50.0. The fraction of sp³-hybridized carbons (Fsp3) is 0.233. The number of nitrogens with one attached hydrogen (secondary N) is 3. The topological polar surface area (TPSA) is 135 Å². The molecule has 0 heterocycles. The van der Waals surface area contributed by atoms with E-state index in [0.29, 0.717) is 11.1 Å². The van der Waals surface area contributed by atoms with Crippen LogP contribution in [0.1, 0.15) is 58.4 Å². The Balaban J connectivity index is 1.33.